The molecule has 0 unspecified atom stereocenters. The molecule has 0 saturated heterocycles. The highest BCUT2D eigenvalue weighted by molar-refractivity contribution is 6.63. The van der Waals surface area contributed by atoms with Crippen molar-refractivity contribution in [3.63, 3.8) is 0 Å². The fourth-order valence-electron chi connectivity index (χ4n) is 0.551. The van der Waals surface area contributed by atoms with Gasteiger partial charge >= 0.3 is 0 Å². The van der Waals surface area contributed by atoms with Gasteiger partial charge in [-0.25, -0.2) is 0 Å². The Labute approximate surface area is 66.4 Å². The molecular formula is C8H11ClO. The van der Waals surface area contributed by atoms with Crippen LogP contribution in [0.5, 0.6) is 0 Å². The summed E-state index contributed by atoms with van der Waals surface area (Å²) in [5, 5.41) is -0.257. The lowest BCUT2D eigenvalue weighted by molar-refractivity contribution is -0.111. The van der Waals surface area contributed by atoms with Gasteiger partial charge in [0, 0.05) is 6.42 Å². The van der Waals surface area contributed by atoms with Gasteiger partial charge in [0.15, 0.2) is 0 Å². The van der Waals surface area contributed by atoms with Crippen molar-refractivity contribution in [3.8, 4) is 0 Å². The highest BCUT2D eigenvalue weighted by Gasteiger charge is 1.91. The van der Waals surface area contributed by atoms with Gasteiger partial charge in [0.25, 0.3) is 0 Å². The Hall–Kier alpha value is -0.560. The molecule has 10 heavy (non-hydrogen) atoms. The van der Waals surface area contributed by atoms with E-state index in [1.165, 1.54) is 0 Å². The number of hydrogen-bond acceptors (Lipinski definition) is 1. The second-order valence-corrected chi connectivity index (χ2v) is 2.33. The molecule has 0 aromatic heterocycles. The van der Waals surface area contributed by atoms with E-state index in [9.17, 15) is 4.79 Å². The maximum atomic E-state index is 10.2. The normalized spacial score (nSPS) is 10.1. The van der Waals surface area contributed by atoms with Crippen LogP contribution >= 0.6 is 11.6 Å². The van der Waals surface area contributed by atoms with Crippen LogP contribution in [-0.2, 0) is 4.79 Å². The Balaban J connectivity index is 3.12. The standard InChI is InChI=1S/C8H11ClO/c1-2-3-4-5-6-7-8(9)10/h2-4H,1,5-7H2. The molecule has 0 aromatic carbocycles. The summed E-state index contributed by atoms with van der Waals surface area (Å²) < 4.78 is 0. The predicted octanol–water partition coefficient (Wildman–Crippen LogP) is 2.66. The Morgan fingerprint density at radius 1 is 1.60 bits per heavy atom. The van der Waals surface area contributed by atoms with Crippen molar-refractivity contribution >= 4 is 16.8 Å². The van der Waals surface area contributed by atoms with Crippen LogP contribution in [-0.4, -0.2) is 5.24 Å². The average molecular weight is 159 g/mol. The lowest BCUT2D eigenvalue weighted by atomic mass is 10.2. The molecule has 0 spiro atoms. The number of allylic oxidation sites excluding steroid dienone is 3. The summed E-state index contributed by atoms with van der Waals surface area (Å²) in [6, 6.07) is 0. The van der Waals surface area contributed by atoms with E-state index in [-0.39, 0.29) is 5.24 Å². The van der Waals surface area contributed by atoms with Crippen molar-refractivity contribution in [2.45, 2.75) is 19.3 Å². The van der Waals surface area contributed by atoms with Crippen LogP contribution in [0.2, 0.25) is 0 Å². The molecule has 2 heteroatoms. The summed E-state index contributed by atoms with van der Waals surface area (Å²) in [7, 11) is 0. The van der Waals surface area contributed by atoms with Crippen molar-refractivity contribution in [1.82, 2.24) is 0 Å². The zero-order valence-corrected chi connectivity index (χ0v) is 6.60. The molecule has 0 bridgehead atoms. The maximum absolute atomic E-state index is 10.2. The summed E-state index contributed by atoms with van der Waals surface area (Å²) in [5.74, 6) is 0. The van der Waals surface area contributed by atoms with Crippen molar-refractivity contribution in [3.05, 3.63) is 24.8 Å². The summed E-state index contributed by atoms with van der Waals surface area (Å²) in [6.45, 7) is 3.51. The average Bonchev–Trinajstić information content (AvgIpc) is 1.87. The lowest BCUT2D eigenvalue weighted by Crippen LogP contribution is -1.83. The van der Waals surface area contributed by atoms with E-state index >= 15 is 0 Å². The molecule has 56 valence electrons. The number of carbonyl (C=O) groups is 1. The van der Waals surface area contributed by atoms with Gasteiger partial charge in [0.2, 0.25) is 5.24 Å². The van der Waals surface area contributed by atoms with Crippen LogP contribution in [0.3, 0.4) is 0 Å². The molecule has 0 heterocycles. The second-order valence-electron chi connectivity index (χ2n) is 1.91. The monoisotopic (exact) mass is 158 g/mol. The summed E-state index contributed by atoms with van der Waals surface area (Å²) in [5.41, 5.74) is 0. The first-order valence-corrected chi connectivity index (χ1v) is 3.61. The molecule has 0 radical (unpaired) electrons. The van der Waals surface area contributed by atoms with Crippen LogP contribution in [0.25, 0.3) is 0 Å². The van der Waals surface area contributed by atoms with E-state index in [1.807, 2.05) is 12.2 Å². The fourth-order valence-corrected chi connectivity index (χ4v) is 0.685. The van der Waals surface area contributed by atoms with E-state index in [1.54, 1.807) is 6.08 Å². The highest BCUT2D eigenvalue weighted by Crippen LogP contribution is 1.99. The van der Waals surface area contributed by atoms with E-state index in [4.69, 9.17) is 11.6 Å². The van der Waals surface area contributed by atoms with Gasteiger partial charge in [-0.15, -0.1) is 0 Å². The van der Waals surface area contributed by atoms with Gasteiger partial charge in [-0.05, 0) is 24.4 Å². The van der Waals surface area contributed by atoms with Crippen LogP contribution in [0, 0.1) is 0 Å². The highest BCUT2D eigenvalue weighted by atomic mass is 35.5. The first-order valence-electron chi connectivity index (χ1n) is 3.23. The van der Waals surface area contributed by atoms with Gasteiger partial charge in [-0.3, -0.25) is 4.79 Å². The van der Waals surface area contributed by atoms with Crippen LogP contribution in [0.1, 0.15) is 19.3 Å². The van der Waals surface area contributed by atoms with Gasteiger partial charge in [-0.2, -0.15) is 0 Å². The molecule has 0 saturated carbocycles. The van der Waals surface area contributed by atoms with Crippen LogP contribution in [0.15, 0.2) is 24.8 Å². The zero-order valence-electron chi connectivity index (χ0n) is 5.85. The van der Waals surface area contributed by atoms with Gasteiger partial charge < -0.3 is 0 Å². The molecule has 0 N–H and O–H groups in total. The third kappa shape index (κ3) is 7.44. The fraction of sp³-hybridized carbons (Fsp3) is 0.375. The van der Waals surface area contributed by atoms with E-state index in [0.29, 0.717) is 6.42 Å². The van der Waals surface area contributed by atoms with Crippen molar-refractivity contribution < 1.29 is 4.79 Å². The maximum Gasteiger partial charge on any atom is 0.221 e. The minimum Gasteiger partial charge on any atom is -0.281 e. The number of halogens is 1. The molecule has 0 aromatic rings. The Morgan fingerprint density at radius 3 is 2.80 bits per heavy atom. The molecule has 0 aliphatic heterocycles. The number of unbranched alkanes of at least 4 members (excludes halogenated alkanes) is 1. The van der Waals surface area contributed by atoms with Crippen molar-refractivity contribution in [1.29, 1.82) is 0 Å². The van der Waals surface area contributed by atoms with Crippen molar-refractivity contribution in [2.24, 2.45) is 0 Å². The third-order valence-corrected chi connectivity index (χ3v) is 1.21. The molecule has 0 aliphatic rings. The lowest BCUT2D eigenvalue weighted by Gasteiger charge is -1.87. The van der Waals surface area contributed by atoms with Crippen molar-refractivity contribution in [2.75, 3.05) is 0 Å². The van der Waals surface area contributed by atoms with Gasteiger partial charge in [0.05, 0.1) is 0 Å². The molecular weight excluding hydrogens is 148 g/mol. The Kier molecular flexibility index (Phi) is 6.19. The first kappa shape index (κ1) is 9.44. The van der Waals surface area contributed by atoms with Crippen LogP contribution in [0.4, 0.5) is 0 Å². The van der Waals surface area contributed by atoms with E-state index in [2.05, 4.69) is 6.58 Å². The van der Waals surface area contributed by atoms with Crippen LogP contribution < -0.4 is 0 Å². The van der Waals surface area contributed by atoms with E-state index in [0.717, 1.165) is 12.8 Å². The minimum absolute atomic E-state index is 0.257. The van der Waals surface area contributed by atoms with Gasteiger partial charge in [-0.1, -0.05) is 24.8 Å². The third-order valence-electron chi connectivity index (χ3n) is 1.02. The summed E-state index contributed by atoms with van der Waals surface area (Å²) >= 11 is 5.11. The quantitative estimate of drug-likeness (QED) is 0.342. The number of rotatable bonds is 5. The molecule has 0 atom stereocenters. The SMILES string of the molecule is C=CC=CCCCC(=O)Cl. The topological polar surface area (TPSA) is 17.1 Å². The molecule has 0 rings (SSSR count). The number of hydrogen-bond donors (Lipinski definition) is 0. The first-order chi connectivity index (χ1) is 4.77. The minimum atomic E-state index is -0.257. The number of carbonyl (C=O) groups excluding carboxylic acids is 1. The Bertz CT molecular complexity index is 138. The second kappa shape index (κ2) is 6.56. The van der Waals surface area contributed by atoms with E-state index < -0.39 is 0 Å². The summed E-state index contributed by atoms with van der Waals surface area (Å²) in [6.07, 6.45) is 7.72. The van der Waals surface area contributed by atoms with Gasteiger partial charge in [0.1, 0.15) is 0 Å². The summed E-state index contributed by atoms with van der Waals surface area (Å²) in [4.78, 5) is 10.2. The molecule has 1 nitrogen and oxygen atoms in total. The smallest absolute Gasteiger partial charge is 0.221 e. The Morgan fingerprint density at radius 2 is 2.30 bits per heavy atom. The largest absolute Gasteiger partial charge is 0.281 e. The predicted molar refractivity (Wildman–Crippen MR) is 44.0 cm³/mol. The molecule has 0 amide bonds. The molecule has 0 aliphatic carbocycles. The zero-order chi connectivity index (χ0) is 7.82. The molecule has 0 fully saturated rings.